The minimum absolute atomic E-state index is 0.0779. The third-order valence-corrected chi connectivity index (χ3v) is 2.03. The molecule has 2 aromatic rings. The predicted octanol–water partition coefficient (Wildman–Crippen LogP) is 2.08. The molecule has 1 aromatic carbocycles. The van der Waals surface area contributed by atoms with Gasteiger partial charge in [0.15, 0.2) is 17.5 Å². The van der Waals surface area contributed by atoms with Gasteiger partial charge in [0.1, 0.15) is 5.69 Å². The fourth-order valence-electron chi connectivity index (χ4n) is 1.19. The second-order valence-corrected chi connectivity index (χ2v) is 3.14. The van der Waals surface area contributed by atoms with Crippen molar-refractivity contribution in [2.75, 3.05) is 5.32 Å². The number of benzene rings is 1. The third-order valence-electron chi connectivity index (χ3n) is 2.03. The van der Waals surface area contributed by atoms with Gasteiger partial charge in [-0.15, -0.1) is 0 Å². The van der Waals surface area contributed by atoms with Gasteiger partial charge in [-0.05, 0) is 12.1 Å². The van der Waals surface area contributed by atoms with E-state index >= 15 is 0 Å². The minimum atomic E-state index is -1.63. The highest BCUT2D eigenvalue weighted by atomic mass is 19.2. The topological polar surface area (TPSA) is 57.8 Å². The van der Waals surface area contributed by atoms with Crippen molar-refractivity contribution in [3.05, 3.63) is 47.8 Å². The van der Waals surface area contributed by atoms with Gasteiger partial charge in [0.25, 0.3) is 5.91 Å². The molecule has 2 N–H and O–H groups in total. The minimum Gasteiger partial charge on any atom is -0.341 e. The van der Waals surface area contributed by atoms with Crippen molar-refractivity contribution in [2.45, 2.75) is 0 Å². The summed E-state index contributed by atoms with van der Waals surface area (Å²) in [5, 5.41) is 2.09. The number of nitrogens with one attached hydrogen (secondary N) is 2. The van der Waals surface area contributed by atoms with Gasteiger partial charge in [0, 0.05) is 0 Å². The molecule has 88 valence electrons. The number of aromatic nitrogens is 2. The quantitative estimate of drug-likeness (QED) is 0.791. The molecule has 0 fully saturated rings. The van der Waals surface area contributed by atoms with Crippen LogP contribution in [0.15, 0.2) is 24.7 Å². The average Bonchev–Trinajstić information content (AvgIpc) is 2.83. The second-order valence-electron chi connectivity index (χ2n) is 3.14. The maximum Gasteiger partial charge on any atom is 0.273 e. The summed E-state index contributed by atoms with van der Waals surface area (Å²) in [4.78, 5) is 17.5. The van der Waals surface area contributed by atoms with Crippen LogP contribution in [0.5, 0.6) is 0 Å². The van der Waals surface area contributed by atoms with Gasteiger partial charge >= 0.3 is 0 Å². The number of amides is 1. The maximum atomic E-state index is 13.2. The van der Waals surface area contributed by atoms with E-state index in [2.05, 4.69) is 15.3 Å². The molecule has 1 amide bonds. The molecule has 1 aromatic heterocycles. The highest BCUT2D eigenvalue weighted by Gasteiger charge is 2.16. The van der Waals surface area contributed by atoms with Crippen molar-refractivity contribution in [3.8, 4) is 0 Å². The van der Waals surface area contributed by atoms with Crippen molar-refractivity contribution >= 4 is 11.6 Å². The first-order valence-electron chi connectivity index (χ1n) is 4.53. The Labute approximate surface area is 93.5 Å². The van der Waals surface area contributed by atoms with E-state index < -0.39 is 29.0 Å². The molecule has 0 atom stereocenters. The fraction of sp³-hybridized carbons (Fsp3) is 0. The normalized spacial score (nSPS) is 10.3. The average molecular weight is 241 g/mol. The second kappa shape index (κ2) is 4.28. The van der Waals surface area contributed by atoms with Crippen molar-refractivity contribution in [3.63, 3.8) is 0 Å². The summed E-state index contributed by atoms with van der Waals surface area (Å²) in [6, 6.07) is 1.66. The van der Waals surface area contributed by atoms with Crippen LogP contribution >= 0.6 is 0 Å². The fourth-order valence-corrected chi connectivity index (χ4v) is 1.19. The molecule has 17 heavy (non-hydrogen) atoms. The van der Waals surface area contributed by atoms with E-state index in [1.165, 1.54) is 12.5 Å². The van der Waals surface area contributed by atoms with Crippen LogP contribution in [0.1, 0.15) is 10.5 Å². The molecule has 0 aliphatic carbocycles. The molecule has 0 bridgehead atoms. The monoisotopic (exact) mass is 241 g/mol. The standard InChI is InChI=1S/C10H6F3N3O/c11-5-1-2-6(9(13)8(5)12)16-10(17)7-3-14-4-15-7/h1-4H,(H,14,15)(H,16,17). The number of aromatic amines is 1. The summed E-state index contributed by atoms with van der Waals surface area (Å²) in [5.41, 5.74) is -0.363. The van der Waals surface area contributed by atoms with E-state index in [0.717, 1.165) is 12.1 Å². The Balaban J connectivity index is 2.25. The van der Waals surface area contributed by atoms with Crippen LogP contribution < -0.4 is 5.32 Å². The SMILES string of the molecule is O=C(Nc1ccc(F)c(F)c1F)c1cnc[nH]1. The molecule has 0 aliphatic heterocycles. The molecule has 0 radical (unpaired) electrons. The van der Waals surface area contributed by atoms with Gasteiger partial charge in [0.05, 0.1) is 18.2 Å². The highest BCUT2D eigenvalue weighted by Crippen LogP contribution is 2.19. The first kappa shape index (κ1) is 11.2. The van der Waals surface area contributed by atoms with Crippen LogP contribution in [-0.2, 0) is 0 Å². The van der Waals surface area contributed by atoms with Crippen molar-refractivity contribution in [1.29, 1.82) is 0 Å². The molecular formula is C10H6F3N3O. The number of H-pyrrole nitrogens is 1. The molecule has 0 saturated carbocycles. The van der Waals surface area contributed by atoms with Gasteiger partial charge < -0.3 is 10.3 Å². The Morgan fingerprint density at radius 3 is 2.65 bits per heavy atom. The first-order chi connectivity index (χ1) is 8.09. The molecule has 1 heterocycles. The molecular weight excluding hydrogens is 235 g/mol. The smallest absolute Gasteiger partial charge is 0.273 e. The van der Waals surface area contributed by atoms with E-state index in [-0.39, 0.29) is 5.69 Å². The lowest BCUT2D eigenvalue weighted by Gasteiger charge is -2.05. The lowest BCUT2D eigenvalue weighted by atomic mass is 10.2. The Hall–Kier alpha value is -2.31. The number of halogens is 3. The van der Waals surface area contributed by atoms with Gasteiger partial charge in [0.2, 0.25) is 0 Å². The van der Waals surface area contributed by atoms with Crippen molar-refractivity contribution < 1.29 is 18.0 Å². The number of nitrogens with zero attached hydrogens (tertiary/aromatic N) is 1. The van der Waals surface area contributed by atoms with E-state index in [0.29, 0.717) is 0 Å². The van der Waals surface area contributed by atoms with E-state index in [9.17, 15) is 18.0 Å². The Morgan fingerprint density at radius 2 is 2.00 bits per heavy atom. The van der Waals surface area contributed by atoms with Crippen LogP contribution in [0.4, 0.5) is 18.9 Å². The summed E-state index contributed by atoms with van der Waals surface area (Å²) in [6.45, 7) is 0. The van der Waals surface area contributed by atoms with Crippen LogP contribution in [-0.4, -0.2) is 15.9 Å². The molecule has 2 rings (SSSR count). The van der Waals surface area contributed by atoms with Crippen LogP contribution in [0.2, 0.25) is 0 Å². The molecule has 7 heteroatoms. The molecule has 0 aliphatic rings. The summed E-state index contributed by atoms with van der Waals surface area (Å²) in [7, 11) is 0. The van der Waals surface area contributed by atoms with Crippen LogP contribution in [0.25, 0.3) is 0 Å². The van der Waals surface area contributed by atoms with Crippen LogP contribution in [0, 0.1) is 17.5 Å². The summed E-state index contributed by atoms with van der Waals surface area (Å²) in [5.74, 6) is -5.10. The summed E-state index contributed by atoms with van der Waals surface area (Å²) >= 11 is 0. The number of anilines is 1. The summed E-state index contributed by atoms with van der Waals surface area (Å²) < 4.78 is 38.7. The Kier molecular flexibility index (Phi) is 2.82. The number of carbonyl (C=O) groups excluding carboxylic acids is 1. The Morgan fingerprint density at radius 1 is 1.24 bits per heavy atom. The number of imidazole rings is 1. The molecule has 4 nitrogen and oxygen atoms in total. The zero-order valence-corrected chi connectivity index (χ0v) is 8.30. The largest absolute Gasteiger partial charge is 0.341 e. The number of carbonyl (C=O) groups is 1. The van der Waals surface area contributed by atoms with Gasteiger partial charge in [-0.1, -0.05) is 0 Å². The van der Waals surface area contributed by atoms with Gasteiger partial charge in [-0.25, -0.2) is 18.2 Å². The van der Waals surface area contributed by atoms with E-state index in [1.807, 2.05) is 0 Å². The van der Waals surface area contributed by atoms with Crippen LogP contribution in [0.3, 0.4) is 0 Å². The lowest BCUT2D eigenvalue weighted by molar-refractivity contribution is 0.102. The lowest BCUT2D eigenvalue weighted by Crippen LogP contribution is -2.14. The zero-order chi connectivity index (χ0) is 12.4. The number of hydrogen-bond acceptors (Lipinski definition) is 2. The van der Waals surface area contributed by atoms with Gasteiger partial charge in [-0.2, -0.15) is 0 Å². The maximum absolute atomic E-state index is 13.2. The molecule has 0 spiro atoms. The predicted molar refractivity (Wildman–Crippen MR) is 52.9 cm³/mol. The first-order valence-corrected chi connectivity index (χ1v) is 4.53. The molecule has 0 saturated heterocycles. The zero-order valence-electron chi connectivity index (χ0n) is 8.30. The van der Waals surface area contributed by atoms with Gasteiger partial charge in [-0.3, -0.25) is 4.79 Å². The highest BCUT2D eigenvalue weighted by molar-refractivity contribution is 6.02. The van der Waals surface area contributed by atoms with E-state index in [4.69, 9.17) is 0 Å². The number of rotatable bonds is 2. The Bertz CT molecular complexity index is 554. The van der Waals surface area contributed by atoms with Crippen molar-refractivity contribution in [2.24, 2.45) is 0 Å². The van der Waals surface area contributed by atoms with Crippen molar-refractivity contribution in [1.82, 2.24) is 9.97 Å². The summed E-state index contributed by atoms with van der Waals surface area (Å²) in [6.07, 6.45) is 2.48. The number of hydrogen-bond donors (Lipinski definition) is 2. The molecule has 0 unspecified atom stereocenters. The van der Waals surface area contributed by atoms with E-state index in [1.54, 1.807) is 0 Å². The third kappa shape index (κ3) is 2.12.